The molecule has 28 heavy (non-hydrogen) atoms. The molecule has 1 aliphatic heterocycles. The van der Waals surface area contributed by atoms with Crippen molar-refractivity contribution in [2.45, 2.75) is 20.4 Å². The van der Waals surface area contributed by atoms with Gasteiger partial charge >= 0.3 is 5.69 Å². The molecule has 0 saturated carbocycles. The fourth-order valence-electron chi connectivity index (χ4n) is 3.33. The first-order chi connectivity index (χ1) is 13.4. The topological polar surface area (TPSA) is 115 Å². The average molecular weight is 386 g/mol. The Morgan fingerprint density at radius 2 is 1.93 bits per heavy atom. The molecule has 4 N–H and O–H groups in total. The number of nitrogen functional groups attached to an aromatic ring is 1. The van der Waals surface area contributed by atoms with Gasteiger partial charge in [0.25, 0.3) is 0 Å². The van der Waals surface area contributed by atoms with Crippen molar-refractivity contribution in [3.8, 4) is 0 Å². The highest BCUT2D eigenvalue weighted by atomic mass is 16.6. The summed E-state index contributed by atoms with van der Waals surface area (Å²) in [5.74, 6) is 0.947. The van der Waals surface area contributed by atoms with Gasteiger partial charge in [-0.1, -0.05) is 44.2 Å². The van der Waals surface area contributed by atoms with E-state index in [4.69, 9.17) is 5.73 Å². The van der Waals surface area contributed by atoms with Crippen molar-refractivity contribution >= 4 is 23.3 Å². The maximum atomic E-state index is 11.6. The predicted molar refractivity (Wildman–Crippen MR) is 109 cm³/mol. The number of benzene rings is 1. The van der Waals surface area contributed by atoms with Crippen LogP contribution in [-0.2, 0) is 6.54 Å². The summed E-state index contributed by atoms with van der Waals surface area (Å²) in [4.78, 5) is 23.0. The molecule has 0 radical (unpaired) electrons. The zero-order valence-corrected chi connectivity index (χ0v) is 16.4. The van der Waals surface area contributed by atoms with Crippen LogP contribution in [0.15, 0.2) is 30.3 Å². The molecule has 0 atom stereocenters. The van der Waals surface area contributed by atoms with Crippen LogP contribution in [0.25, 0.3) is 0 Å². The third-order valence-electron chi connectivity index (χ3n) is 4.81. The molecule has 0 unspecified atom stereocenters. The van der Waals surface area contributed by atoms with Gasteiger partial charge < -0.3 is 20.9 Å². The van der Waals surface area contributed by atoms with Gasteiger partial charge in [0.1, 0.15) is 6.54 Å². The lowest BCUT2D eigenvalue weighted by Gasteiger charge is -2.32. The number of aromatic nitrogens is 2. The van der Waals surface area contributed by atoms with Crippen LogP contribution in [0.5, 0.6) is 0 Å². The summed E-state index contributed by atoms with van der Waals surface area (Å²) < 4.78 is 0. The Bertz CT molecular complexity index is 805. The largest absolute Gasteiger partial charge is 0.378 e. The Morgan fingerprint density at radius 3 is 2.54 bits per heavy atom. The highest BCUT2D eigenvalue weighted by molar-refractivity contribution is 5.71. The molecule has 1 aromatic carbocycles. The van der Waals surface area contributed by atoms with Crippen molar-refractivity contribution < 1.29 is 9.82 Å². The molecule has 9 heteroatoms. The molecule has 1 aromatic heterocycles. The lowest BCUT2D eigenvalue weighted by atomic mass is 10.2. The van der Waals surface area contributed by atoms with Gasteiger partial charge in [-0.05, 0) is 5.92 Å². The van der Waals surface area contributed by atoms with Crippen LogP contribution in [-0.4, -0.2) is 47.6 Å². The number of nitrogens with two attached hydrogens (primary N) is 1. The monoisotopic (exact) mass is 386 g/mol. The van der Waals surface area contributed by atoms with Crippen LogP contribution in [0, 0.1) is 16.0 Å². The number of rotatable bonds is 7. The Labute approximate surface area is 164 Å². The summed E-state index contributed by atoms with van der Waals surface area (Å²) >= 11 is 0. The molecule has 2 heterocycles. The zero-order valence-electron chi connectivity index (χ0n) is 16.4. The van der Waals surface area contributed by atoms with Crippen LogP contribution < -0.4 is 20.9 Å². The number of nitrogens with zero attached hydrogens (tertiary/aromatic N) is 4. The highest BCUT2D eigenvalue weighted by Gasteiger charge is 2.30. The van der Waals surface area contributed by atoms with E-state index in [1.165, 1.54) is 10.5 Å². The molecule has 1 aliphatic rings. The summed E-state index contributed by atoms with van der Waals surface area (Å²) in [6, 6.07) is 10.4. The molecule has 1 saturated heterocycles. The molecule has 1 fully saturated rings. The van der Waals surface area contributed by atoms with E-state index < -0.39 is 4.92 Å². The van der Waals surface area contributed by atoms with Crippen molar-refractivity contribution in [1.29, 1.82) is 0 Å². The van der Waals surface area contributed by atoms with Gasteiger partial charge in [-0.25, -0.2) is 0 Å². The summed E-state index contributed by atoms with van der Waals surface area (Å²) in [6.07, 6.45) is 0. The van der Waals surface area contributed by atoms with Crippen LogP contribution in [0.2, 0.25) is 0 Å². The lowest BCUT2D eigenvalue weighted by Crippen LogP contribution is -3.13. The second-order valence-electron chi connectivity index (χ2n) is 7.54. The Morgan fingerprint density at radius 1 is 1.25 bits per heavy atom. The molecule has 3 rings (SSSR count). The van der Waals surface area contributed by atoms with Crippen LogP contribution in [0.3, 0.4) is 0 Å². The van der Waals surface area contributed by atoms with E-state index in [-0.39, 0.29) is 11.5 Å². The minimum Gasteiger partial charge on any atom is -0.378 e. The summed E-state index contributed by atoms with van der Waals surface area (Å²) in [6.45, 7) is 8.88. The van der Waals surface area contributed by atoms with Crippen molar-refractivity contribution in [3.05, 3.63) is 46.0 Å². The molecule has 0 aliphatic carbocycles. The number of nitrogens with one attached hydrogen (secondary N) is 2. The molecular weight excluding hydrogens is 358 g/mol. The van der Waals surface area contributed by atoms with Gasteiger partial charge in [0, 0.05) is 12.1 Å². The lowest BCUT2D eigenvalue weighted by molar-refractivity contribution is -0.914. The van der Waals surface area contributed by atoms with E-state index in [9.17, 15) is 10.1 Å². The summed E-state index contributed by atoms with van der Waals surface area (Å²) in [5.41, 5.74) is 6.99. The molecular formula is C19H28N7O2+. The van der Waals surface area contributed by atoms with Gasteiger partial charge in [0.2, 0.25) is 17.6 Å². The fraction of sp³-hybridized carbons (Fsp3) is 0.474. The number of piperazine rings is 1. The van der Waals surface area contributed by atoms with Crippen LogP contribution in [0.1, 0.15) is 19.4 Å². The van der Waals surface area contributed by atoms with Gasteiger partial charge in [0.05, 0.1) is 31.1 Å². The van der Waals surface area contributed by atoms with Crippen molar-refractivity contribution in [3.63, 3.8) is 0 Å². The minimum atomic E-state index is -0.486. The highest BCUT2D eigenvalue weighted by Crippen LogP contribution is 2.32. The number of hydrogen-bond donors (Lipinski definition) is 3. The normalized spacial score (nSPS) is 15.0. The zero-order chi connectivity index (χ0) is 20.1. The maximum Gasteiger partial charge on any atom is 0.353 e. The van der Waals surface area contributed by atoms with Crippen LogP contribution in [0.4, 0.5) is 23.3 Å². The molecule has 2 aromatic rings. The first-order valence-electron chi connectivity index (χ1n) is 9.62. The number of anilines is 3. The smallest absolute Gasteiger partial charge is 0.353 e. The first-order valence-corrected chi connectivity index (χ1v) is 9.62. The molecule has 0 amide bonds. The molecule has 150 valence electrons. The number of hydrogen-bond acceptors (Lipinski definition) is 7. The van der Waals surface area contributed by atoms with E-state index in [0.29, 0.717) is 37.3 Å². The average Bonchev–Trinajstić information content (AvgIpc) is 2.67. The van der Waals surface area contributed by atoms with Gasteiger partial charge in [0.15, 0.2) is 0 Å². The summed E-state index contributed by atoms with van der Waals surface area (Å²) in [5, 5.41) is 14.7. The van der Waals surface area contributed by atoms with Crippen molar-refractivity contribution in [2.75, 3.05) is 48.7 Å². The minimum absolute atomic E-state index is 0.0969. The van der Waals surface area contributed by atoms with Crippen molar-refractivity contribution in [1.82, 2.24) is 9.97 Å². The van der Waals surface area contributed by atoms with E-state index >= 15 is 0 Å². The third-order valence-corrected chi connectivity index (χ3v) is 4.81. The van der Waals surface area contributed by atoms with Crippen LogP contribution >= 0.6 is 0 Å². The Kier molecular flexibility index (Phi) is 6.25. The van der Waals surface area contributed by atoms with E-state index in [0.717, 1.165) is 19.6 Å². The first kappa shape index (κ1) is 19.8. The second kappa shape index (κ2) is 8.83. The number of nitro groups is 1. The maximum absolute atomic E-state index is 11.6. The molecule has 0 spiro atoms. The van der Waals surface area contributed by atoms with Gasteiger partial charge in [-0.15, -0.1) is 0 Å². The number of quaternary nitrogens is 1. The van der Waals surface area contributed by atoms with Gasteiger partial charge in [-0.2, -0.15) is 9.97 Å². The standard InChI is InChI=1S/C19H27N7O2/c1-14(2)12-21-19-22-17(20)16(26(27)28)18(23-19)25-10-8-24(9-11-25)13-15-6-4-3-5-7-15/h3-7,14H,8-13H2,1-2H3,(H3,20,21,22,23)/p+1. The summed E-state index contributed by atoms with van der Waals surface area (Å²) in [7, 11) is 0. The SMILES string of the molecule is CC(C)CNc1nc(N)c([N+](=O)[O-])c(N2CC[NH+](Cc3ccccc3)CC2)n1. The Hall–Kier alpha value is -2.94. The third kappa shape index (κ3) is 4.86. The second-order valence-corrected chi connectivity index (χ2v) is 7.54. The van der Waals surface area contributed by atoms with Crippen molar-refractivity contribution in [2.24, 2.45) is 5.92 Å². The fourth-order valence-corrected chi connectivity index (χ4v) is 3.33. The Balaban J connectivity index is 1.74. The van der Waals surface area contributed by atoms with E-state index in [1.54, 1.807) is 0 Å². The quantitative estimate of drug-likeness (QED) is 0.479. The van der Waals surface area contributed by atoms with E-state index in [2.05, 4.69) is 41.3 Å². The predicted octanol–water partition coefficient (Wildman–Crippen LogP) is 0.940. The van der Waals surface area contributed by atoms with E-state index in [1.807, 2.05) is 23.1 Å². The van der Waals surface area contributed by atoms with Gasteiger partial charge in [-0.3, -0.25) is 10.1 Å². The molecule has 0 bridgehead atoms. The molecule has 9 nitrogen and oxygen atoms in total.